The fourth-order valence-corrected chi connectivity index (χ4v) is 2.13. The number of hydrogen-bond donors (Lipinski definition) is 1. The molecule has 4 heteroatoms. The second-order valence-electron chi connectivity index (χ2n) is 4.69. The molecule has 0 radical (unpaired) electrons. The normalized spacial score (nSPS) is 11.7. The van der Waals surface area contributed by atoms with Crippen molar-refractivity contribution in [3.63, 3.8) is 0 Å². The number of hydrogen-bond acceptors (Lipinski definition) is 1. The Bertz CT molecular complexity index is 586. The molecule has 0 atom stereocenters. The van der Waals surface area contributed by atoms with Crippen LogP contribution >= 0.6 is 0 Å². The predicted octanol–water partition coefficient (Wildman–Crippen LogP) is 4.22. The van der Waals surface area contributed by atoms with Crippen LogP contribution in [0.15, 0.2) is 42.5 Å². The molecular formula is C16H15F3O. The van der Waals surface area contributed by atoms with Gasteiger partial charge in [0.15, 0.2) is 0 Å². The molecule has 1 nitrogen and oxygen atoms in total. The highest BCUT2D eigenvalue weighted by Gasteiger charge is 2.29. The lowest BCUT2D eigenvalue weighted by Gasteiger charge is -2.10. The third kappa shape index (κ3) is 3.20. The van der Waals surface area contributed by atoms with E-state index in [1.54, 1.807) is 0 Å². The predicted molar refractivity (Wildman–Crippen MR) is 72.4 cm³/mol. The van der Waals surface area contributed by atoms with Gasteiger partial charge in [-0.05, 0) is 47.7 Å². The van der Waals surface area contributed by atoms with Crippen molar-refractivity contribution >= 4 is 0 Å². The lowest BCUT2D eigenvalue weighted by atomic mass is 9.98. The molecule has 0 saturated carbocycles. The summed E-state index contributed by atoms with van der Waals surface area (Å²) in [6.45, 7) is 2.01. The lowest BCUT2D eigenvalue weighted by molar-refractivity contribution is -0.137. The number of rotatable bonds is 3. The van der Waals surface area contributed by atoms with Crippen molar-refractivity contribution in [1.29, 1.82) is 0 Å². The van der Waals surface area contributed by atoms with Crippen LogP contribution in [0.25, 0.3) is 11.1 Å². The molecule has 20 heavy (non-hydrogen) atoms. The molecule has 0 aliphatic heterocycles. The van der Waals surface area contributed by atoms with Gasteiger partial charge in [-0.2, -0.15) is 13.2 Å². The molecule has 0 aliphatic rings. The Morgan fingerprint density at radius 2 is 1.55 bits per heavy atom. The minimum absolute atomic E-state index is 0.0838. The van der Waals surface area contributed by atoms with Crippen molar-refractivity contribution in [3.8, 4) is 11.1 Å². The van der Waals surface area contributed by atoms with Gasteiger partial charge in [0, 0.05) is 6.61 Å². The SMILES string of the molecule is Cc1cc(-c2ccc(C(F)(F)F)cc2)ccc1CCO. The highest BCUT2D eigenvalue weighted by molar-refractivity contribution is 5.65. The minimum Gasteiger partial charge on any atom is -0.396 e. The van der Waals surface area contributed by atoms with E-state index in [-0.39, 0.29) is 6.61 Å². The van der Waals surface area contributed by atoms with Gasteiger partial charge in [-0.1, -0.05) is 30.3 Å². The van der Waals surface area contributed by atoms with Crippen molar-refractivity contribution in [2.75, 3.05) is 6.61 Å². The van der Waals surface area contributed by atoms with E-state index in [9.17, 15) is 13.2 Å². The van der Waals surface area contributed by atoms with Crippen LogP contribution in [0.2, 0.25) is 0 Å². The van der Waals surface area contributed by atoms with Crippen LogP contribution in [-0.2, 0) is 12.6 Å². The molecule has 2 aromatic rings. The molecule has 0 saturated heterocycles. The average molecular weight is 280 g/mol. The van der Waals surface area contributed by atoms with Crippen molar-refractivity contribution in [1.82, 2.24) is 0 Å². The molecule has 0 bridgehead atoms. The zero-order valence-electron chi connectivity index (χ0n) is 11.0. The van der Waals surface area contributed by atoms with Gasteiger partial charge in [-0.3, -0.25) is 0 Å². The third-order valence-electron chi connectivity index (χ3n) is 3.27. The molecule has 106 valence electrons. The summed E-state index contributed by atoms with van der Waals surface area (Å²) in [7, 11) is 0. The van der Waals surface area contributed by atoms with E-state index in [0.717, 1.165) is 34.4 Å². The summed E-state index contributed by atoms with van der Waals surface area (Å²) in [6.07, 6.45) is -3.72. The second kappa shape index (κ2) is 5.67. The molecule has 2 aromatic carbocycles. The van der Waals surface area contributed by atoms with Crippen molar-refractivity contribution in [2.45, 2.75) is 19.5 Å². The van der Waals surface area contributed by atoms with Gasteiger partial charge in [0.25, 0.3) is 0 Å². The zero-order chi connectivity index (χ0) is 14.8. The molecule has 0 aliphatic carbocycles. The highest BCUT2D eigenvalue weighted by Crippen LogP contribution is 2.31. The molecule has 2 rings (SSSR count). The summed E-state index contributed by atoms with van der Waals surface area (Å²) in [5.41, 5.74) is 3.05. The summed E-state index contributed by atoms with van der Waals surface area (Å²) >= 11 is 0. The maximum Gasteiger partial charge on any atom is 0.416 e. The van der Waals surface area contributed by atoms with E-state index in [4.69, 9.17) is 5.11 Å². The Hall–Kier alpha value is -1.81. The Morgan fingerprint density at radius 3 is 2.05 bits per heavy atom. The van der Waals surface area contributed by atoms with Crippen LogP contribution in [0.5, 0.6) is 0 Å². The summed E-state index contributed by atoms with van der Waals surface area (Å²) in [6, 6.07) is 10.8. The molecule has 0 aromatic heterocycles. The van der Waals surface area contributed by atoms with Gasteiger partial charge in [-0.25, -0.2) is 0 Å². The Balaban J connectivity index is 2.30. The van der Waals surface area contributed by atoms with Crippen LogP contribution in [-0.4, -0.2) is 11.7 Å². The molecule has 0 heterocycles. The van der Waals surface area contributed by atoms with E-state index < -0.39 is 11.7 Å². The van der Waals surface area contributed by atoms with Crippen LogP contribution in [0.1, 0.15) is 16.7 Å². The number of halogens is 3. The molecular weight excluding hydrogens is 265 g/mol. The van der Waals surface area contributed by atoms with Gasteiger partial charge in [0.2, 0.25) is 0 Å². The van der Waals surface area contributed by atoms with Gasteiger partial charge >= 0.3 is 6.18 Å². The first-order valence-electron chi connectivity index (χ1n) is 6.30. The largest absolute Gasteiger partial charge is 0.416 e. The first-order valence-corrected chi connectivity index (χ1v) is 6.30. The standard InChI is InChI=1S/C16H15F3O/c1-11-10-14(3-2-12(11)8-9-20)13-4-6-15(7-5-13)16(17,18)19/h2-7,10,20H,8-9H2,1H3. The van der Waals surface area contributed by atoms with Gasteiger partial charge in [0.05, 0.1) is 5.56 Å². The van der Waals surface area contributed by atoms with Gasteiger partial charge in [0.1, 0.15) is 0 Å². The number of aliphatic hydroxyl groups is 1. The first-order chi connectivity index (χ1) is 9.41. The highest BCUT2D eigenvalue weighted by atomic mass is 19.4. The molecule has 0 amide bonds. The van der Waals surface area contributed by atoms with Crippen molar-refractivity contribution < 1.29 is 18.3 Å². The third-order valence-corrected chi connectivity index (χ3v) is 3.27. The molecule has 0 fully saturated rings. The maximum atomic E-state index is 12.5. The smallest absolute Gasteiger partial charge is 0.396 e. The average Bonchev–Trinajstić information content (AvgIpc) is 2.40. The Labute approximate surface area is 115 Å². The van der Waals surface area contributed by atoms with E-state index in [1.165, 1.54) is 12.1 Å². The second-order valence-corrected chi connectivity index (χ2v) is 4.69. The van der Waals surface area contributed by atoms with Crippen LogP contribution < -0.4 is 0 Å². The van der Waals surface area contributed by atoms with Crippen molar-refractivity contribution in [3.05, 3.63) is 59.2 Å². The zero-order valence-corrected chi connectivity index (χ0v) is 11.0. The number of aryl methyl sites for hydroxylation is 1. The van der Waals surface area contributed by atoms with Crippen molar-refractivity contribution in [2.24, 2.45) is 0 Å². The van der Waals surface area contributed by atoms with E-state index >= 15 is 0 Å². The summed E-state index contributed by atoms with van der Waals surface area (Å²) in [5.74, 6) is 0. The summed E-state index contributed by atoms with van der Waals surface area (Å²) in [5, 5.41) is 8.93. The minimum atomic E-state index is -4.31. The van der Waals surface area contributed by atoms with Gasteiger partial charge < -0.3 is 5.11 Å². The molecule has 0 spiro atoms. The molecule has 1 N–H and O–H groups in total. The molecule has 0 unspecified atom stereocenters. The lowest BCUT2D eigenvalue weighted by Crippen LogP contribution is -2.04. The maximum absolute atomic E-state index is 12.5. The number of benzene rings is 2. The number of alkyl halides is 3. The number of aliphatic hydroxyl groups excluding tert-OH is 1. The fraction of sp³-hybridized carbons (Fsp3) is 0.250. The van der Waals surface area contributed by atoms with Crippen LogP contribution in [0, 0.1) is 6.92 Å². The van der Waals surface area contributed by atoms with E-state index in [2.05, 4.69) is 0 Å². The van der Waals surface area contributed by atoms with E-state index in [1.807, 2.05) is 25.1 Å². The Kier molecular flexibility index (Phi) is 4.14. The van der Waals surface area contributed by atoms with Gasteiger partial charge in [-0.15, -0.1) is 0 Å². The quantitative estimate of drug-likeness (QED) is 0.892. The summed E-state index contributed by atoms with van der Waals surface area (Å²) < 4.78 is 37.5. The van der Waals surface area contributed by atoms with E-state index in [0.29, 0.717) is 6.42 Å². The monoisotopic (exact) mass is 280 g/mol. The topological polar surface area (TPSA) is 20.2 Å². The fourth-order valence-electron chi connectivity index (χ4n) is 2.13. The first kappa shape index (κ1) is 14.6. The van der Waals surface area contributed by atoms with Crippen LogP contribution in [0.4, 0.5) is 13.2 Å². The Morgan fingerprint density at radius 1 is 0.950 bits per heavy atom. The van der Waals surface area contributed by atoms with Crippen LogP contribution in [0.3, 0.4) is 0 Å². The summed E-state index contributed by atoms with van der Waals surface area (Å²) in [4.78, 5) is 0.